The summed E-state index contributed by atoms with van der Waals surface area (Å²) in [5, 5.41) is 21.5. The molecule has 2 N–H and O–H groups in total. The minimum absolute atomic E-state index is 0.0296. The first-order chi connectivity index (χ1) is 14.9. The van der Waals surface area contributed by atoms with Crippen molar-refractivity contribution < 1.29 is 29.3 Å². The number of aliphatic hydroxyl groups is 1. The maximum Gasteiger partial charge on any atom is 0.295 e. The van der Waals surface area contributed by atoms with Crippen LogP contribution in [-0.2, 0) is 14.3 Å². The van der Waals surface area contributed by atoms with Crippen LogP contribution in [0.2, 0.25) is 5.02 Å². The highest BCUT2D eigenvalue weighted by Gasteiger charge is 2.47. The number of ether oxygens (including phenoxy) is 2. The molecule has 2 heterocycles. The van der Waals surface area contributed by atoms with E-state index in [0.29, 0.717) is 22.8 Å². The van der Waals surface area contributed by atoms with Crippen LogP contribution in [0.15, 0.2) is 48.0 Å². The number of aromatic hydroxyl groups is 1. The Morgan fingerprint density at radius 3 is 2.61 bits per heavy atom. The summed E-state index contributed by atoms with van der Waals surface area (Å²) in [6, 6.07) is 10.1. The molecule has 2 unspecified atom stereocenters. The van der Waals surface area contributed by atoms with Crippen LogP contribution in [0.4, 0.5) is 0 Å². The summed E-state index contributed by atoms with van der Waals surface area (Å²) >= 11 is 5.94. The van der Waals surface area contributed by atoms with Crippen LogP contribution in [0.3, 0.4) is 0 Å². The monoisotopic (exact) mass is 443 g/mol. The van der Waals surface area contributed by atoms with Gasteiger partial charge in [0.15, 0.2) is 11.5 Å². The summed E-state index contributed by atoms with van der Waals surface area (Å²) in [6.07, 6.45) is 1.48. The highest BCUT2D eigenvalue weighted by Crippen LogP contribution is 2.42. The Morgan fingerprint density at radius 1 is 1.23 bits per heavy atom. The average molecular weight is 444 g/mol. The third-order valence-electron chi connectivity index (χ3n) is 5.60. The fourth-order valence-corrected chi connectivity index (χ4v) is 4.18. The van der Waals surface area contributed by atoms with Gasteiger partial charge in [-0.2, -0.15) is 0 Å². The molecule has 0 radical (unpaired) electrons. The first-order valence-electron chi connectivity index (χ1n) is 9.93. The standard InChI is InChI=1S/C23H22ClNO6/c1-30-18-11-14(6-9-17(18)26)20-19(21(27)13-4-7-15(24)8-5-13)22(28)23(29)25(20)12-16-3-2-10-31-16/h4-9,11,16,20,26-27H,2-3,10,12H2,1H3/b21-19+. The summed E-state index contributed by atoms with van der Waals surface area (Å²) in [5.41, 5.74) is 0.871. The maximum atomic E-state index is 13.0. The van der Waals surface area contributed by atoms with Gasteiger partial charge in [0.1, 0.15) is 5.76 Å². The van der Waals surface area contributed by atoms with Gasteiger partial charge in [-0.3, -0.25) is 9.59 Å². The number of methoxy groups -OCH3 is 1. The molecule has 2 atom stereocenters. The van der Waals surface area contributed by atoms with Crippen LogP contribution < -0.4 is 4.74 Å². The van der Waals surface area contributed by atoms with Crippen molar-refractivity contribution in [3.63, 3.8) is 0 Å². The average Bonchev–Trinajstić information content (AvgIpc) is 3.37. The second kappa shape index (κ2) is 8.61. The van der Waals surface area contributed by atoms with Gasteiger partial charge in [-0.05, 0) is 54.8 Å². The molecule has 0 bridgehead atoms. The Hall–Kier alpha value is -3.03. The van der Waals surface area contributed by atoms with Crippen molar-refractivity contribution >= 4 is 29.1 Å². The summed E-state index contributed by atoms with van der Waals surface area (Å²) in [4.78, 5) is 27.4. The summed E-state index contributed by atoms with van der Waals surface area (Å²) in [7, 11) is 1.41. The molecule has 2 fully saturated rings. The van der Waals surface area contributed by atoms with Crippen molar-refractivity contribution in [1.29, 1.82) is 0 Å². The lowest BCUT2D eigenvalue weighted by Gasteiger charge is -2.27. The van der Waals surface area contributed by atoms with Crippen molar-refractivity contribution in [2.24, 2.45) is 0 Å². The van der Waals surface area contributed by atoms with Crippen LogP contribution in [0.5, 0.6) is 11.5 Å². The number of amides is 1. The van der Waals surface area contributed by atoms with Crippen LogP contribution in [0.1, 0.15) is 30.0 Å². The van der Waals surface area contributed by atoms with E-state index < -0.39 is 17.7 Å². The molecule has 8 heteroatoms. The molecule has 0 aromatic heterocycles. The number of benzene rings is 2. The molecule has 162 valence electrons. The topological polar surface area (TPSA) is 96.3 Å². The summed E-state index contributed by atoms with van der Waals surface area (Å²) in [5.74, 6) is -1.64. The van der Waals surface area contributed by atoms with Gasteiger partial charge in [0.2, 0.25) is 0 Å². The van der Waals surface area contributed by atoms with E-state index in [2.05, 4.69) is 0 Å². The van der Waals surface area contributed by atoms with E-state index >= 15 is 0 Å². The first-order valence-corrected chi connectivity index (χ1v) is 10.3. The van der Waals surface area contributed by atoms with Gasteiger partial charge in [-0.1, -0.05) is 17.7 Å². The molecule has 7 nitrogen and oxygen atoms in total. The predicted molar refractivity (Wildman–Crippen MR) is 114 cm³/mol. The molecular formula is C23H22ClNO6. The van der Waals surface area contributed by atoms with Crippen molar-refractivity contribution in [3.05, 3.63) is 64.2 Å². The third kappa shape index (κ3) is 3.98. The highest BCUT2D eigenvalue weighted by molar-refractivity contribution is 6.46. The number of carbonyl (C=O) groups is 2. The lowest BCUT2D eigenvalue weighted by Crippen LogP contribution is -2.36. The van der Waals surface area contributed by atoms with E-state index in [9.17, 15) is 19.8 Å². The fourth-order valence-electron chi connectivity index (χ4n) is 4.05. The lowest BCUT2D eigenvalue weighted by molar-refractivity contribution is -0.140. The number of Topliss-reactive ketones (excluding diaryl/α,β-unsaturated/α-hetero) is 1. The van der Waals surface area contributed by atoms with Crippen LogP contribution in [0.25, 0.3) is 5.76 Å². The van der Waals surface area contributed by atoms with Crippen LogP contribution >= 0.6 is 11.6 Å². The van der Waals surface area contributed by atoms with Gasteiger partial charge in [0.05, 0.1) is 24.8 Å². The number of nitrogens with zero attached hydrogens (tertiary/aromatic N) is 1. The Morgan fingerprint density at radius 2 is 1.97 bits per heavy atom. The van der Waals surface area contributed by atoms with Crippen molar-refractivity contribution in [1.82, 2.24) is 4.90 Å². The Bertz CT molecular complexity index is 1040. The van der Waals surface area contributed by atoms with E-state index in [4.69, 9.17) is 21.1 Å². The number of phenolic OH excluding ortho intramolecular Hbond substituents is 1. The lowest BCUT2D eigenvalue weighted by atomic mass is 9.95. The van der Waals surface area contributed by atoms with Crippen LogP contribution in [0, 0.1) is 0 Å². The molecule has 4 rings (SSSR count). The predicted octanol–water partition coefficient (Wildman–Crippen LogP) is 3.65. The number of aliphatic hydroxyl groups excluding tert-OH is 1. The van der Waals surface area contributed by atoms with Gasteiger partial charge < -0.3 is 24.6 Å². The largest absolute Gasteiger partial charge is 0.507 e. The number of rotatable bonds is 5. The SMILES string of the molecule is COc1cc(C2/C(=C(\O)c3ccc(Cl)cc3)C(=O)C(=O)N2CC2CCCO2)ccc1O. The number of hydrogen-bond donors (Lipinski definition) is 2. The summed E-state index contributed by atoms with van der Waals surface area (Å²) < 4.78 is 10.9. The third-order valence-corrected chi connectivity index (χ3v) is 5.85. The van der Waals surface area contributed by atoms with Crippen molar-refractivity contribution in [3.8, 4) is 11.5 Å². The summed E-state index contributed by atoms with van der Waals surface area (Å²) in [6.45, 7) is 0.826. The van der Waals surface area contributed by atoms with Gasteiger partial charge in [-0.25, -0.2) is 0 Å². The van der Waals surface area contributed by atoms with Crippen molar-refractivity contribution in [2.45, 2.75) is 25.0 Å². The number of halogens is 1. The molecule has 2 aromatic rings. The zero-order valence-corrected chi connectivity index (χ0v) is 17.6. The maximum absolute atomic E-state index is 13.0. The van der Waals surface area contributed by atoms with E-state index in [1.807, 2.05) is 0 Å². The minimum atomic E-state index is -0.852. The molecule has 2 aliphatic rings. The van der Waals surface area contributed by atoms with Gasteiger partial charge >= 0.3 is 0 Å². The quantitative estimate of drug-likeness (QED) is 0.416. The van der Waals surface area contributed by atoms with E-state index in [-0.39, 0.29) is 35.5 Å². The van der Waals surface area contributed by atoms with E-state index in [0.717, 1.165) is 12.8 Å². The normalized spacial score (nSPS) is 22.8. The minimum Gasteiger partial charge on any atom is -0.507 e. The van der Waals surface area contributed by atoms with Crippen molar-refractivity contribution in [2.75, 3.05) is 20.3 Å². The van der Waals surface area contributed by atoms with Gasteiger partial charge in [0, 0.05) is 23.7 Å². The molecule has 0 saturated carbocycles. The second-order valence-electron chi connectivity index (χ2n) is 7.52. The fraction of sp³-hybridized carbons (Fsp3) is 0.304. The highest BCUT2D eigenvalue weighted by atomic mass is 35.5. The smallest absolute Gasteiger partial charge is 0.295 e. The Kier molecular flexibility index (Phi) is 5.89. The number of ketones is 1. The first kappa shape index (κ1) is 21.2. The Labute approximate surface area is 184 Å². The molecule has 2 aliphatic heterocycles. The number of carbonyl (C=O) groups excluding carboxylic acids is 2. The zero-order chi connectivity index (χ0) is 22.1. The van der Waals surface area contributed by atoms with Gasteiger partial charge in [0.25, 0.3) is 11.7 Å². The molecule has 31 heavy (non-hydrogen) atoms. The molecular weight excluding hydrogens is 422 g/mol. The zero-order valence-electron chi connectivity index (χ0n) is 16.9. The molecule has 1 amide bonds. The van der Waals surface area contributed by atoms with Crippen LogP contribution in [-0.4, -0.2) is 53.2 Å². The molecule has 2 aromatic carbocycles. The molecule has 0 spiro atoms. The molecule has 2 saturated heterocycles. The Balaban J connectivity index is 1.85. The van der Waals surface area contributed by atoms with E-state index in [1.54, 1.807) is 36.4 Å². The second-order valence-corrected chi connectivity index (χ2v) is 7.96. The van der Waals surface area contributed by atoms with Gasteiger partial charge in [-0.15, -0.1) is 0 Å². The molecule has 0 aliphatic carbocycles. The number of hydrogen-bond acceptors (Lipinski definition) is 6. The number of phenols is 1. The number of likely N-dealkylation sites (tertiary alicyclic amines) is 1. The van der Waals surface area contributed by atoms with E-state index in [1.165, 1.54) is 18.1 Å².